The molecule has 0 bridgehead atoms. The van der Waals surface area contributed by atoms with Gasteiger partial charge < -0.3 is 0 Å². The first-order chi connectivity index (χ1) is 19.3. The second-order valence-corrected chi connectivity index (χ2v) is 10.1. The average molecular weight is 497 g/mol. The van der Waals surface area contributed by atoms with Gasteiger partial charge in [0.25, 0.3) is 0 Å². The summed E-state index contributed by atoms with van der Waals surface area (Å²) in [5, 5.41) is 3.65. The Morgan fingerprint density at radius 1 is 0.359 bits per heavy atom. The molecule has 0 aliphatic rings. The first kappa shape index (κ1) is 21.8. The lowest BCUT2D eigenvalue weighted by atomic mass is 9.93. The van der Waals surface area contributed by atoms with Crippen molar-refractivity contribution < 1.29 is 0 Å². The number of hydrogen-bond acceptors (Lipinski definition) is 1. The highest BCUT2D eigenvalue weighted by Gasteiger charge is 2.14. The largest absolute Gasteiger partial charge is 0.292 e. The number of pyridine rings is 1. The van der Waals surface area contributed by atoms with Crippen molar-refractivity contribution in [1.82, 2.24) is 9.38 Å². The number of benzene rings is 6. The van der Waals surface area contributed by atoms with Gasteiger partial charge in [0.15, 0.2) is 0 Å². The number of rotatable bonds is 3. The molecule has 182 valence electrons. The zero-order valence-corrected chi connectivity index (χ0v) is 21.3. The molecule has 0 amide bonds. The molecule has 6 aromatic carbocycles. The fourth-order valence-corrected chi connectivity index (χ4v) is 5.88. The molecule has 0 radical (unpaired) electrons. The maximum Gasteiger partial charge on any atom is 0.146 e. The normalized spacial score (nSPS) is 11.6. The van der Waals surface area contributed by atoms with Gasteiger partial charge in [-0.2, -0.15) is 0 Å². The summed E-state index contributed by atoms with van der Waals surface area (Å²) in [7, 11) is 0. The van der Waals surface area contributed by atoms with Gasteiger partial charge in [-0.1, -0.05) is 109 Å². The lowest BCUT2D eigenvalue weighted by Gasteiger charge is -2.11. The van der Waals surface area contributed by atoms with Crippen LogP contribution in [0.4, 0.5) is 0 Å². The number of fused-ring (bicyclic) bond motifs is 8. The van der Waals surface area contributed by atoms with Crippen LogP contribution in [0.15, 0.2) is 146 Å². The molecule has 0 fully saturated rings. The Morgan fingerprint density at radius 2 is 0.897 bits per heavy atom. The van der Waals surface area contributed by atoms with Crippen molar-refractivity contribution in [2.24, 2.45) is 0 Å². The van der Waals surface area contributed by atoms with Gasteiger partial charge in [-0.25, -0.2) is 4.98 Å². The summed E-state index contributed by atoms with van der Waals surface area (Å²) in [6.07, 6.45) is 0. The maximum atomic E-state index is 5.20. The van der Waals surface area contributed by atoms with E-state index in [0.29, 0.717) is 0 Å². The predicted molar refractivity (Wildman–Crippen MR) is 164 cm³/mol. The zero-order valence-electron chi connectivity index (χ0n) is 21.3. The molecule has 39 heavy (non-hydrogen) atoms. The minimum Gasteiger partial charge on any atom is -0.292 e. The molecule has 0 N–H and O–H groups in total. The third-order valence-corrected chi connectivity index (χ3v) is 7.74. The van der Waals surface area contributed by atoms with E-state index in [1.165, 1.54) is 49.5 Å². The van der Waals surface area contributed by atoms with E-state index in [4.69, 9.17) is 4.98 Å². The van der Waals surface area contributed by atoms with E-state index < -0.39 is 0 Å². The van der Waals surface area contributed by atoms with Gasteiger partial charge in [0, 0.05) is 10.8 Å². The summed E-state index contributed by atoms with van der Waals surface area (Å²) >= 11 is 0. The molecule has 2 aromatic heterocycles. The molecule has 8 aromatic rings. The standard InChI is InChI=1S/C37H24N2/c1-3-11-25(12-4-1)28-21-29(26-13-5-2-6-14-26)23-30(22-28)27-19-20-36-34(24-27)38-37-33-17-8-7-15-31(33)32-16-9-10-18-35(32)39(36)37/h1-24H. The van der Waals surface area contributed by atoms with E-state index in [1.54, 1.807) is 0 Å². The molecular weight excluding hydrogens is 472 g/mol. The predicted octanol–water partition coefficient (Wildman–Crippen LogP) is 9.79. The summed E-state index contributed by atoms with van der Waals surface area (Å²) in [5.74, 6) is 0. The van der Waals surface area contributed by atoms with Crippen LogP contribution in [0, 0.1) is 0 Å². The first-order valence-corrected chi connectivity index (χ1v) is 13.3. The third kappa shape index (κ3) is 3.53. The topological polar surface area (TPSA) is 17.3 Å². The molecule has 0 aliphatic carbocycles. The summed E-state index contributed by atoms with van der Waals surface area (Å²) in [6.45, 7) is 0. The Morgan fingerprint density at radius 3 is 1.56 bits per heavy atom. The van der Waals surface area contributed by atoms with Crippen molar-refractivity contribution in [3.63, 3.8) is 0 Å². The number of aromatic nitrogens is 2. The van der Waals surface area contributed by atoms with Gasteiger partial charge in [-0.05, 0) is 75.2 Å². The van der Waals surface area contributed by atoms with Crippen LogP contribution in [0.25, 0.3) is 71.7 Å². The Kier molecular flexibility index (Phi) is 4.86. The van der Waals surface area contributed by atoms with Gasteiger partial charge >= 0.3 is 0 Å². The van der Waals surface area contributed by atoms with E-state index in [0.717, 1.165) is 22.2 Å². The van der Waals surface area contributed by atoms with Gasteiger partial charge in [0.05, 0.1) is 16.6 Å². The second-order valence-electron chi connectivity index (χ2n) is 10.1. The van der Waals surface area contributed by atoms with E-state index in [1.807, 2.05) is 0 Å². The van der Waals surface area contributed by atoms with Crippen molar-refractivity contribution in [3.05, 3.63) is 146 Å². The fraction of sp³-hybridized carbons (Fsp3) is 0. The summed E-state index contributed by atoms with van der Waals surface area (Å²) in [6, 6.07) is 52.0. The summed E-state index contributed by atoms with van der Waals surface area (Å²) in [5.41, 5.74) is 11.5. The minimum absolute atomic E-state index is 1.000. The Labute approximate surface area is 226 Å². The number of nitrogens with zero attached hydrogens (tertiary/aromatic N) is 2. The second kappa shape index (κ2) is 8.68. The van der Waals surface area contributed by atoms with Crippen LogP contribution in [0.3, 0.4) is 0 Å². The smallest absolute Gasteiger partial charge is 0.146 e. The molecule has 8 rings (SSSR count). The van der Waals surface area contributed by atoms with Crippen molar-refractivity contribution in [2.45, 2.75) is 0 Å². The summed E-state index contributed by atoms with van der Waals surface area (Å²) in [4.78, 5) is 5.20. The van der Waals surface area contributed by atoms with Gasteiger partial charge in [-0.3, -0.25) is 4.40 Å². The Hall–Kier alpha value is -5.21. The highest BCUT2D eigenvalue weighted by Crippen LogP contribution is 2.36. The molecule has 0 spiro atoms. The van der Waals surface area contributed by atoms with Crippen molar-refractivity contribution in [1.29, 1.82) is 0 Å². The van der Waals surface area contributed by atoms with E-state index in [2.05, 4.69) is 150 Å². The number of imidazole rings is 1. The van der Waals surface area contributed by atoms with Gasteiger partial charge in [0.1, 0.15) is 5.65 Å². The Bertz CT molecular complexity index is 2100. The Balaban J connectivity index is 1.38. The molecule has 2 heterocycles. The van der Waals surface area contributed by atoms with Gasteiger partial charge in [0.2, 0.25) is 0 Å². The van der Waals surface area contributed by atoms with Crippen LogP contribution >= 0.6 is 0 Å². The first-order valence-electron chi connectivity index (χ1n) is 13.3. The van der Waals surface area contributed by atoms with Crippen LogP contribution in [0.5, 0.6) is 0 Å². The molecule has 2 nitrogen and oxygen atoms in total. The highest BCUT2D eigenvalue weighted by atomic mass is 15.0. The van der Waals surface area contributed by atoms with Crippen molar-refractivity contribution >= 4 is 38.4 Å². The lowest BCUT2D eigenvalue weighted by Crippen LogP contribution is -1.91. The SMILES string of the molecule is c1ccc(-c2cc(-c3ccccc3)cc(-c3ccc4c(c3)nc3c5ccccc5c5ccccc5n43)c2)cc1. The number of hydrogen-bond donors (Lipinski definition) is 0. The highest BCUT2D eigenvalue weighted by molar-refractivity contribution is 6.13. The van der Waals surface area contributed by atoms with Crippen LogP contribution in [0.2, 0.25) is 0 Å². The van der Waals surface area contributed by atoms with Crippen molar-refractivity contribution in [3.8, 4) is 33.4 Å². The average Bonchev–Trinajstić information content (AvgIpc) is 3.41. The quantitative estimate of drug-likeness (QED) is 0.223. The molecule has 0 aliphatic heterocycles. The lowest BCUT2D eigenvalue weighted by molar-refractivity contribution is 1.31. The third-order valence-electron chi connectivity index (χ3n) is 7.74. The molecule has 0 atom stereocenters. The van der Waals surface area contributed by atoms with Crippen LogP contribution in [-0.2, 0) is 0 Å². The van der Waals surface area contributed by atoms with Gasteiger partial charge in [-0.15, -0.1) is 0 Å². The monoisotopic (exact) mass is 496 g/mol. The minimum atomic E-state index is 1.000. The van der Waals surface area contributed by atoms with Crippen LogP contribution < -0.4 is 0 Å². The molecular formula is C37H24N2. The molecule has 2 heteroatoms. The molecule has 0 saturated carbocycles. The summed E-state index contributed by atoms with van der Waals surface area (Å²) < 4.78 is 2.31. The fourth-order valence-electron chi connectivity index (χ4n) is 5.88. The number of para-hydroxylation sites is 1. The molecule has 0 unspecified atom stereocenters. The van der Waals surface area contributed by atoms with Crippen LogP contribution in [0.1, 0.15) is 0 Å². The zero-order chi connectivity index (χ0) is 25.8. The molecule has 0 saturated heterocycles. The van der Waals surface area contributed by atoms with Crippen molar-refractivity contribution in [2.75, 3.05) is 0 Å². The maximum absolute atomic E-state index is 5.20. The van der Waals surface area contributed by atoms with E-state index in [-0.39, 0.29) is 0 Å². The van der Waals surface area contributed by atoms with E-state index >= 15 is 0 Å². The van der Waals surface area contributed by atoms with E-state index in [9.17, 15) is 0 Å². The van der Waals surface area contributed by atoms with Crippen LogP contribution in [-0.4, -0.2) is 9.38 Å².